The minimum Gasteiger partial charge on any atom is -0.384 e. The first kappa shape index (κ1) is 18.4. The van der Waals surface area contributed by atoms with Gasteiger partial charge in [0.05, 0.1) is 22.5 Å². The van der Waals surface area contributed by atoms with E-state index in [1.807, 2.05) is 4.72 Å². The summed E-state index contributed by atoms with van der Waals surface area (Å²) in [6, 6.07) is 5.66. The lowest BCUT2D eigenvalue weighted by Gasteiger charge is -2.12. The van der Waals surface area contributed by atoms with E-state index in [-0.39, 0.29) is 18.0 Å². The number of carbonyl (C=O) groups is 1. The number of amides is 1. The van der Waals surface area contributed by atoms with Crippen molar-refractivity contribution in [3.8, 4) is 0 Å². The van der Waals surface area contributed by atoms with E-state index in [0.29, 0.717) is 4.90 Å². The van der Waals surface area contributed by atoms with Crippen LogP contribution in [-0.4, -0.2) is 44.0 Å². The smallest absolute Gasteiger partial charge is 0.269 e. The second kappa shape index (κ2) is 8.11. The van der Waals surface area contributed by atoms with Gasteiger partial charge in [-0.1, -0.05) is 0 Å². The molecule has 0 unspecified atom stereocenters. The molecular weight excluding hydrogens is 332 g/mol. The third kappa shape index (κ3) is 6.00. The summed E-state index contributed by atoms with van der Waals surface area (Å²) in [5.74, 6) is -0.955. The van der Waals surface area contributed by atoms with Crippen molar-refractivity contribution >= 4 is 33.4 Å². The molecule has 0 heterocycles. The van der Waals surface area contributed by atoms with Crippen LogP contribution in [0.15, 0.2) is 29.2 Å². The largest absolute Gasteiger partial charge is 0.384 e. The molecule has 0 aliphatic rings. The summed E-state index contributed by atoms with van der Waals surface area (Å²) in [4.78, 5) is 22.5. The molecule has 0 bridgehead atoms. The minimum atomic E-state index is -3.73. The Bertz CT molecular complexity index is 630. The molecule has 0 saturated carbocycles. The normalized spacial score (nSPS) is 12.6. The SMILES string of the molecule is COCCS(=O)(=O)NC(=O)[C@H](C)Sc1ccc([N+](=O)[O-])cc1. The predicted molar refractivity (Wildman–Crippen MR) is 82.2 cm³/mol. The van der Waals surface area contributed by atoms with Gasteiger partial charge in [-0.2, -0.15) is 0 Å². The molecule has 10 heteroatoms. The van der Waals surface area contributed by atoms with Gasteiger partial charge in [0, 0.05) is 24.1 Å². The van der Waals surface area contributed by atoms with E-state index in [0.717, 1.165) is 11.8 Å². The van der Waals surface area contributed by atoms with Crippen LogP contribution in [0.1, 0.15) is 6.92 Å². The number of rotatable bonds is 8. The van der Waals surface area contributed by atoms with Crippen molar-refractivity contribution in [3.63, 3.8) is 0 Å². The average molecular weight is 348 g/mol. The summed E-state index contributed by atoms with van der Waals surface area (Å²) in [5, 5.41) is 9.88. The molecular formula is C12H16N2O6S2. The van der Waals surface area contributed by atoms with Crippen molar-refractivity contribution in [1.82, 2.24) is 4.72 Å². The quantitative estimate of drug-likeness (QED) is 0.426. The van der Waals surface area contributed by atoms with Gasteiger partial charge >= 0.3 is 0 Å². The van der Waals surface area contributed by atoms with Crippen LogP contribution in [0, 0.1) is 10.1 Å². The molecule has 0 aliphatic carbocycles. The Morgan fingerprint density at radius 3 is 2.50 bits per heavy atom. The molecule has 1 aromatic rings. The molecule has 0 spiro atoms. The first-order valence-corrected chi connectivity index (χ1v) is 8.73. The van der Waals surface area contributed by atoms with Crippen molar-refractivity contribution in [3.05, 3.63) is 34.4 Å². The number of hydrogen-bond acceptors (Lipinski definition) is 7. The Hall–Kier alpha value is -1.65. The molecule has 0 aliphatic heterocycles. The van der Waals surface area contributed by atoms with Crippen LogP contribution in [0.5, 0.6) is 0 Å². The molecule has 1 aromatic carbocycles. The Kier molecular flexibility index (Phi) is 6.78. The number of nitro groups is 1. The van der Waals surface area contributed by atoms with Gasteiger partial charge in [-0.25, -0.2) is 8.42 Å². The second-order valence-corrected chi connectivity index (χ2v) is 7.55. The highest BCUT2D eigenvalue weighted by atomic mass is 32.2. The van der Waals surface area contributed by atoms with Gasteiger partial charge in [-0.15, -0.1) is 11.8 Å². The number of hydrogen-bond donors (Lipinski definition) is 1. The summed E-state index contributed by atoms with van der Waals surface area (Å²) in [6.07, 6.45) is 0. The fraction of sp³-hybridized carbons (Fsp3) is 0.417. The molecule has 1 rings (SSSR count). The summed E-state index contributed by atoms with van der Waals surface area (Å²) in [5.41, 5.74) is -0.0522. The van der Waals surface area contributed by atoms with Gasteiger partial charge in [0.1, 0.15) is 0 Å². The lowest BCUT2D eigenvalue weighted by atomic mass is 10.3. The van der Waals surface area contributed by atoms with Gasteiger partial charge in [-0.3, -0.25) is 19.6 Å². The zero-order valence-electron chi connectivity index (χ0n) is 12.0. The maximum absolute atomic E-state index is 11.8. The van der Waals surface area contributed by atoms with Gasteiger partial charge in [0.25, 0.3) is 5.69 Å². The Labute approximate surface area is 132 Å². The van der Waals surface area contributed by atoms with Crippen LogP contribution in [0.2, 0.25) is 0 Å². The topological polar surface area (TPSA) is 116 Å². The number of non-ortho nitro benzene ring substituents is 1. The maximum Gasteiger partial charge on any atom is 0.269 e. The zero-order valence-corrected chi connectivity index (χ0v) is 13.6. The number of nitrogens with one attached hydrogen (secondary N) is 1. The summed E-state index contributed by atoms with van der Waals surface area (Å²) in [6.45, 7) is 1.54. The number of nitro benzene ring substituents is 1. The molecule has 1 amide bonds. The third-order valence-corrected chi connectivity index (χ3v) is 4.87. The number of thioether (sulfide) groups is 1. The molecule has 0 aromatic heterocycles. The number of methoxy groups -OCH3 is 1. The number of benzene rings is 1. The molecule has 1 atom stereocenters. The van der Waals surface area contributed by atoms with E-state index in [9.17, 15) is 23.3 Å². The number of nitrogens with zero attached hydrogens (tertiary/aromatic N) is 1. The summed E-state index contributed by atoms with van der Waals surface area (Å²) >= 11 is 1.11. The van der Waals surface area contributed by atoms with Crippen molar-refractivity contribution in [1.29, 1.82) is 0 Å². The van der Waals surface area contributed by atoms with E-state index in [1.54, 1.807) is 6.92 Å². The lowest BCUT2D eigenvalue weighted by Crippen LogP contribution is -2.38. The summed E-state index contributed by atoms with van der Waals surface area (Å²) < 4.78 is 29.8. The number of sulfonamides is 1. The van der Waals surface area contributed by atoms with Crippen LogP contribution >= 0.6 is 11.8 Å². The molecule has 1 N–H and O–H groups in total. The molecule has 0 saturated heterocycles. The van der Waals surface area contributed by atoms with Crippen molar-refractivity contribution in [2.45, 2.75) is 17.1 Å². The van der Waals surface area contributed by atoms with E-state index in [1.165, 1.54) is 31.4 Å². The second-order valence-electron chi connectivity index (χ2n) is 4.29. The molecule has 0 radical (unpaired) electrons. The van der Waals surface area contributed by atoms with Crippen LogP contribution in [0.3, 0.4) is 0 Å². The van der Waals surface area contributed by atoms with Gasteiger partial charge < -0.3 is 4.74 Å². The van der Waals surface area contributed by atoms with Crippen molar-refractivity contribution in [2.75, 3.05) is 19.5 Å². The molecule has 122 valence electrons. The third-order valence-electron chi connectivity index (χ3n) is 2.54. The zero-order chi connectivity index (χ0) is 16.8. The average Bonchev–Trinajstić information content (AvgIpc) is 2.45. The van der Waals surface area contributed by atoms with Gasteiger partial charge in [-0.05, 0) is 19.1 Å². The van der Waals surface area contributed by atoms with E-state index >= 15 is 0 Å². The maximum atomic E-state index is 11.8. The monoisotopic (exact) mass is 348 g/mol. The lowest BCUT2D eigenvalue weighted by molar-refractivity contribution is -0.384. The fourth-order valence-corrected chi connectivity index (χ4v) is 3.30. The first-order chi connectivity index (χ1) is 10.2. The molecule has 22 heavy (non-hydrogen) atoms. The van der Waals surface area contributed by atoms with E-state index < -0.39 is 26.1 Å². The molecule has 8 nitrogen and oxygen atoms in total. The Balaban J connectivity index is 2.62. The van der Waals surface area contributed by atoms with Gasteiger partial charge in [0.15, 0.2) is 0 Å². The number of ether oxygens (including phenoxy) is 1. The van der Waals surface area contributed by atoms with Crippen LogP contribution < -0.4 is 4.72 Å². The predicted octanol–water partition coefficient (Wildman–Crippen LogP) is 1.17. The van der Waals surface area contributed by atoms with Gasteiger partial charge in [0.2, 0.25) is 15.9 Å². The Morgan fingerprint density at radius 2 is 2.00 bits per heavy atom. The van der Waals surface area contributed by atoms with Crippen LogP contribution in [-0.2, 0) is 19.6 Å². The van der Waals surface area contributed by atoms with Crippen LogP contribution in [0.25, 0.3) is 0 Å². The van der Waals surface area contributed by atoms with Crippen LogP contribution in [0.4, 0.5) is 5.69 Å². The van der Waals surface area contributed by atoms with E-state index in [2.05, 4.69) is 4.74 Å². The number of carbonyl (C=O) groups excluding carboxylic acids is 1. The molecule has 0 fully saturated rings. The standard InChI is InChI=1S/C12H16N2O6S2/c1-9(12(15)13-22(18,19)8-7-20-2)21-11-5-3-10(4-6-11)14(16)17/h3-6,9H,7-8H2,1-2H3,(H,13,15)/t9-/m0/s1. The minimum absolute atomic E-state index is 0.00745. The van der Waals surface area contributed by atoms with Crippen molar-refractivity contribution in [2.24, 2.45) is 0 Å². The van der Waals surface area contributed by atoms with E-state index in [4.69, 9.17) is 0 Å². The highest BCUT2D eigenvalue weighted by Gasteiger charge is 2.20. The van der Waals surface area contributed by atoms with Crippen molar-refractivity contribution < 1.29 is 22.9 Å². The first-order valence-electron chi connectivity index (χ1n) is 6.19. The highest BCUT2D eigenvalue weighted by Crippen LogP contribution is 2.25. The summed E-state index contributed by atoms with van der Waals surface area (Å²) in [7, 11) is -2.36. The highest BCUT2D eigenvalue weighted by molar-refractivity contribution is 8.00. The fourth-order valence-electron chi connectivity index (χ4n) is 1.38. The Morgan fingerprint density at radius 1 is 1.41 bits per heavy atom.